The predicted octanol–water partition coefficient (Wildman–Crippen LogP) is 5.59. The van der Waals surface area contributed by atoms with E-state index in [0.29, 0.717) is 5.75 Å². The van der Waals surface area contributed by atoms with Gasteiger partial charge in [0, 0.05) is 6.21 Å². The Hall–Kier alpha value is -1.57. The van der Waals surface area contributed by atoms with Gasteiger partial charge in [-0.25, -0.2) is 0 Å². The van der Waals surface area contributed by atoms with Gasteiger partial charge in [0.25, 0.3) is 0 Å². The van der Waals surface area contributed by atoms with Crippen LogP contribution in [-0.4, -0.2) is 12.8 Å². The van der Waals surface area contributed by atoms with Crippen LogP contribution in [0.2, 0.25) is 0 Å². The van der Waals surface area contributed by atoms with E-state index in [2.05, 4.69) is 68.8 Å². The molecule has 0 aliphatic heterocycles. The number of aliphatic imine (C=N–C) groups is 1. The van der Waals surface area contributed by atoms with Gasteiger partial charge in [-0.3, -0.25) is 4.99 Å². The van der Waals surface area contributed by atoms with Gasteiger partial charge < -0.3 is 4.74 Å². The summed E-state index contributed by atoms with van der Waals surface area (Å²) < 4.78 is 7.15. The maximum absolute atomic E-state index is 5.49. The van der Waals surface area contributed by atoms with Crippen LogP contribution in [0.5, 0.6) is 5.75 Å². The zero-order valence-electron chi connectivity index (χ0n) is 12.4. The van der Waals surface area contributed by atoms with Crippen LogP contribution in [0.3, 0.4) is 0 Å². The Morgan fingerprint density at radius 1 is 1.14 bits per heavy atom. The predicted molar refractivity (Wildman–Crippen MR) is 99.3 cm³/mol. The lowest BCUT2D eigenvalue weighted by atomic mass is 10.1. The van der Waals surface area contributed by atoms with Crippen molar-refractivity contribution in [3.63, 3.8) is 0 Å². The van der Waals surface area contributed by atoms with Crippen LogP contribution in [0.25, 0.3) is 0 Å². The average Bonchev–Trinajstić information content (AvgIpc) is 2.48. The van der Waals surface area contributed by atoms with E-state index in [9.17, 15) is 0 Å². The Morgan fingerprint density at radius 2 is 1.82 bits per heavy atom. The molecule has 4 heteroatoms. The fourth-order valence-electron chi connectivity index (χ4n) is 1.86. The van der Waals surface area contributed by atoms with Crippen LogP contribution < -0.4 is 4.74 Å². The second-order valence-corrected chi connectivity index (χ2v) is 6.54. The van der Waals surface area contributed by atoms with Crippen molar-refractivity contribution in [3.05, 3.63) is 56.0 Å². The SMILES string of the molecule is C#CCOc1c(Br)cc(C=Nc2ccc(C)c(C)c2)cc1Br. The fourth-order valence-corrected chi connectivity index (χ4v) is 3.31. The molecular weight excluding hydrogens is 406 g/mol. The minimum atomic E-state index is 0.229. The average molecular weight is 421 g/mol. The van der Waals surface area contributed by atoms with Crippen LogP contribution in [0, 0.1) is 26.2 Å². The van der Waals surface area contributed by atoms with Gasteiger partial charge in [-0.15, -0.1) is 6.42 Å². The molecule has 112 valence electrons. The molecule has 2 rings (SSSR count). The molecule has 0 aliphatic carbocycles. The van der Waals surface area contributed by atoms with Gasteiger partial charge in [0.15, 0.2) is 0 Å². The number of nitrogens with zero attached hydrogens (tertiary/aromatic N) is 1. The van der Waals surface area contributed by atoms with E-state index < -0.39 is 0 Å². The number of halogens is 2. The number of hydrogen-bond acceptors (Lipinski definition) is 2. The summed E-state index contributed by atoms with van der Waals surface area (Å²) >= 11 is 6.98. The standard InChI is InChI=1S/C18H15Br2NO/c1-4-7-22-18-16(19)9-14(10-17(18)20)11-21-15-6-5-12(2)13(3)8-15/h1,5-6,8-11H,7H2,2-3H3. The first-order valence-corrected chi connectivity index (χ1v) is 8.26. The first-order chi connectivity index (χ1) is 10.5. The normalized spacial score (nSPS) is 10.7. The van der Waals surface area contributed by atoms with Crippen molar-refractivity contribution in [2.24, 2.45) is 4.99 Å². The van der Waals surface area contributed by atoms with Crippen molar-refractivity contribution < 1.29 is 4.74 Å². The van der Waals surface area contributed by atoms with Crippen molar-refractivity contribution in [1.29, 1.82) is 0 Å². The molecule has 0 atom stereocenters. The molecule has 0 spiro atoms. The lowest BCUT2D eigenvalue weighted by molar-refractivity contribution is 0.365. The summed E-state index contributed by atoms with van der Waals surface area (Å²) in [5.41, 5.74) is 4.39. The van der Waals surface area contributed by atoms with Crippen molar-refractivity contribution >= 4 is 43.8 Å². The summed E-state index contributed by atoms with van der Waals surface area (Å²) in [6.07, 6.45) is 7.04. The molecule has 2 aromatic rings. The highest BCUT2D eigenvalue weighted by Crippen LogP contribution is 2.34. The third-order valence-corrected chi connectivity index (χ3v) is 4.35. The van der Waals surface area contributed by atoms with E-state index in [1.165, 1.54) is 11.1 Å². The van der Waals surface area contributed by atoms with E-state index in [-0.39, 0.29) is 6.61 Å². The molecule has 0 unspecified atom stereocenters. The maximum Gasteiger partial charge on any atom is 0.149 e. The quantitative estimate of drug-likeness (QED) is 0.466. The molecule has 0 amide bonds. The van der Waals surface area contributed by atoms with Gasteiger partial charge in [0.1, 0.15) is 12.4 Å². The summed E-state index contributed by atoms with van der Waals surface area (Å²) in [6.45, 7) is 4.40. The minimum absolute atomic E-state index is 0.229. The third-order valence-electron chi connectivity index (χ3n) is 3.17. The third kappa shape index (κ3) is 4.22. The number of rotatable bonds is 4. The van der Waals surface area contributed by atoms with E-state index in [4.69, 9.17) is 11.2 Å². The summed E-state index contributed by atoms with van der Waals surface area (Å²) in [7, 11) is 0. The molecule has 0 radical (unpaired) electrons. The monoisotopic (exact) mass is 419 g/mol. The van der Waals surface area contributed by atoms with Crippen LogP contribution in [0.15, 0.2) is 44.3 Å². The van der Waals surface area contributed by atoms with Gasteiger partial charge >= 0.3 is 0 Å². The Kier molecular flexibility index (Phi) is 5.82. The Morgan fingerprint density at radius 3 is 2.41 bits per heavy atom. The van der Waals surface area contributed by atoms with Crippen molar-refractivity contribution in [1.82, 2.24) is 0 Å². The Bertz CT molecular complexity index is 737. The number of terminal acetylenes is 1. The molecule has 0 fully saturated rings. The first-order valence-electron chi connectivity index (χ1n) is 6.68. The second-order valence-electron chi connectivity index (χ2n) is 4.83. The molecule has 0 aliphatic rings. The van der Waals surface area contributed by atoms with Crippen LogP contribution >= 0.6 is 31.9 Å². The summed E-state index contributed by atoms with van der Waals surface area (Å²) in [4.78, 5) is 4.51. The number of benzene rings is 2. The molecule has 0 heterocycles. The zero-order valence-corrected chi connectivity index (χ0v) is 15.5. The maximum atomic E-state index is 5.49. The van der Waals surface area contributed by atoms with E-state index in [1.807, 2.05) is 24.4 Å². The van der Waals surface area contributed by atoms with Crippen molar-refractivity contribution in [2.75, 3.05) is 6.61 Å². The Balaban J connectivity index is 2.24. The molecule has 0 bridgehead atoms. The number of hydrogen-bond donors (Lipinski definition) is 0. The van der Waals surface area contributed by atoms with Gasteiger partial charge in [0.05, 0.1) is 14.6 Å². The number of aryl methyl sites for hydroxylation is 2. The molecule has 0 N–H and O–H groups in total. The molecule has 22 heavy (non-hydrogen) atoms. The summed E-state index contributed by atoms with van der Waals surface area (Å²) in [6, 6.07) is 10.0. The van der Waals surface area contributed by atoms with Gasteiger partial charge in [-0.1, -0.05) is 12.0 Å². The topological polar surface area (TPSA) is 21.6 Å². The largest absolute Gasteiger partial charge is 0.479 e. The fraction of sp³-hybridized carbons (Fsp3) is 0.167. The molecule has 0 saturated carbocycles. The highest BCUT2D eigenvalue weighted by Gasteiger charge is 2.08. The lowest BCUT2D eigenvalue weighted by Crippen LogP contribution is -1.96. The lowest BCUT2D eigenvalue weighted by Gasteiger charge is -2.08. The molecule has 2 nitrogen and oxygen atoms in total. The highest BCUT2D eigenvalue weighted by atomic mass is 79.9. The van der Waals surface area contributed by atoms with Crippen LogP contribution in [-0.2, 0) is 0 Å². The first kappa shape index (κ1) is 16.8. The second kappa shape index (κ2) is 7.62. The van der Waals surface area contributed by atoms with Crippen LogP contribution in [0.4, 0.5) is 5.69 Å². The zero-order chi connectivity index (χ0) is 16.1. The minimum Gasteiger partial charge on any atom is -0.479 e. The molecular formula is C18H15Br2NO. The van der Waals surface area contributed by atoms with Crippen molar-refractivity contribution in [3.8, 4) is 18.1 Å². The Labute approximate surface area is 147 Å². The summed E-state index contributed by atoms with van der Waals surface area (Å²) in [5.74, 6) is 3.15. The van der Waals surface area contributed by atoms with E-state index >= 15 is 0 Å². The van der Waals surface area contributed by atoms with Gasteiger partial charge in [0.2, 0.25) is 0 Å². The summed E-state index contributed by atoms with van der Waals surface area (Å²) in [5, 5.41) is 0. The molecule has 0 saturated heterocycles. The smallest absolute Gasteiger partial charge is 0.149 e. The molecule has 2 aromatic carbocycles. The highest BCUT2D eigenvalue weighted by molar-refractivity contribution is 9.11. The van der Waals surface area contributed by atoms with Crippen LogP contribution in [0.1, 0.15) is 16.7 Å². The van der Waals surface area contributed by atoms with Gasteiger partial charge in [-0.05, 0) is 86.7 Å². The van der Waals surface area contributed by atoms with E-state index in [1.54, 1.807) is 0 Å². The molecule has 0 aromatic heterocycles. The van der Waals surface area contributed by atoms with Gasteiger partial charge in [-0.2, -0.15) is 0 Å². The number of ether oxygens (including phenoxy) is 1. The van der Waals surface area contributed by atoms with Crippen molar-refractivity contribution in [2.45, 2.75) is 13.8 Å². The van der Waals surface area contributed by atoms with E-state index in [0.717, 1.165) is 20.2 Å².